The topological polar surface area (TPSA) is 18.5 Å². The Labute approximate surface area is 121 Å². The van der Waals surface area contributed by atoms with Gasteiger partial charge in [-0.25, -0.2) is 0 Å². The van der Waals surface area contributed by atoms with Gasteiger partial charge in [-0.3, -0.25) is 0 Å². The lowest BCUT2D eigenvalue weighted by molar-refractivity contribution is -0.153. The molecule has 0 atom stereocenters. The predicted octanol–water partition coefficient (Wildman–Crippen LogP) is 4.52. The first-order chi connectivity index (χ1) is 9.94. The number of hydrogen-bond acceptors (Lipinski definition) is 2. The highest BCUT2D eigenvalue weighted by Crippen LogP contribution is 2.26. The van der Waals surface area contributed by atoms with Crippen molar-refractivity contribution in [2.24, 2.45) is 0 Å². The van der Waals surface area contributed by atoms with Gasteiger partial charge in [-0.1, -0.05) is 36.4 Å². The van der Waals surface area contributed by atoms with Crippen molar-refractivity contribution in [3.63, 3.8) is 0 Å². The molecule has 0 saturated heterocycles. The number of ether oxygens (including phenoxy) is 2. The Bertz CT molecular complexity index is 580. The molecule has 0 aliphatic heterocycles. The molecule has 2 aromatic carbocycles. The largest absolute Gasteiger partial charge is 0.488 e. The quantitative estimate of drug-likeness (QED) is 0.808. The lowest BCUT2D eigenvalue weighted by atomic mass is 10.2. The van der Waals surface area contributed by atoms with Crippen molar-refractivity contribution in [3.8, 4) is 11.5 Å². The van der Waals surface area contributed by atoms with E-state index in [4.69, 9.17) is 9.47 Å². The van der Waals surface area contributed by atoms with Crippen LogP contribution in [0.15, 0.2) is 48.5 Å². The average molecular weight is 296 g/mol. The van der Waals surface area contributed by atoms with Gasteiger partial charge in [-0.05, 0) is 24.1 Å². The van der Waals surface area contributed by atoms with Crippen LogP contribution in [0.3, 0.4) is 0 Å². The highest BCUT2D eigenvalue weighted by molar-refractivity contribution is 5.40. The van der Waals surface area contributed by atoms with E-state index < -0.39 is 12.8 Å². The SMILES string of the molecule is Cc1ccc(OCC(F)(F)F)cc1OCc1ccccc1. The zero-order valence-electron chi connectivity index (χ0n) is 11.5. The molecule has 0 N–H and O–H groups in total. The van der Waals surface area contributed by atoms with Crippen LogP contribution in [0.25, 0.3) is 0 Å². The molecule has 0 bridgehead atoms. The van der Waals surface area contributed by atoms with Gasteiger partial charge >= 0.3 is 6.18 Å². The fraction of sp³-hybridized carbons (Fsp3) is 0.250. The van der Waals surface area contributed by atoms with Gasteiger partial charge in [0.15, 0.2) is 6.61 Å². The van der Waals surface area contributed by atoms with Gasteiger partial charge in [-0.15, -0.1) is 0 Å². The monoisotopic (exact) mass is 296 g/mol. The molecule has 0 aromatic heterocycles. The summed E-state index contributed by atoms with van der Waals surface area (Å²) >= 11 is 0. The fourth-order valence-electron chi connectivity index (χ4n) is 1.73. The Morgan fingerprint density at radius 3 is 2.33 bits per heavy atom. The zero-order valence-corrected chi connectivity index (χ0v) is 11.5. The first kappa shape index (κ1) is 15.2. The maximum absolute atomic E-state index is 12.1. The van der Waals surface area contributed by atoms with Crippen molar-refractivity contribution in [2.75, 3.05) is 6.61 Å². The van der Waals surface area contributed by atoms with Crippen molar-refractivity contribution in [1.29, 1.82) is 0 Å². The zero-order chi connectivity index (χ0) is 15.3. The summed E-state index contributed by atoms with van der Waals surface area (Å²) in [5, 5.41) is 0. The molecule has 0 heterocycles. The second-order valence-corrected chi connectivity index (χ2v) is 4.61. The van der Waals surface area contributed by atoms with Crippen molar-refractivity contribution in [1.82, 2.24) is 0 Å². The molecule has 0 amide bonds. The molecule has 21 heavy (non-hydrogen) atoms. The molecule has 0 radical (unpaired) electrons. The Kier molecular flexibility index (Phi) is 4.73. The summed E-state index contributed by atoms with van der Waals surface area (Å²) in [6.45, 7) is 0.868. The minimum atomic E-state index is -4.35. The van der Waals surface area contributed by atoms with E-state index in [1.54, 1.807) is 6.07 Å². The summed E-state index contributed by atoms with van der Waals surface area (Å²) < 4.78 is 46.8. The van der Waals surface area contributed by atoms with Crippen LogP contribution in [0.5, 0.6) is 11.5 Å². The molecular weight excluding hydrogens is 281 g/mol. The third-order valence-electron chi connectivity index (χ3n) is 2.80. The van der Waals surface area contributed by atoms with Crippen molar-refractivity contribution in [3.05, 3.63) is 59.7 Å². The van der Waals surface area contributed by atoms with Crippen LogP contribution < -0.4 is 9.47 Å². The van der Waals surface area contributed by atoms with Gasteiger partial charge in [0.1, 0.15) is 18.1 Å². The van der Waals surface area contributed by atoms with Crippen molar-refractivity contribution >= 4 is 0 Å². The average Bonchev–Trinajstić information content (AvgIpc) is 2.45. The third-order valence-corrected chi connectivity index (χ3v) is 2.80. The summed E-state index contributed by atoms with van der Waals surface area (Å²) in [5.74, 6) is 0.652. The van der Waals surface area contributed by atoms with Crippen molar-refractivity contribution in [2.45, 2.75) is 19.7 Å². The summed E-state index contributed by atoms with van der Waals surface area (Å²) in [4.78, 5) is 0. The number of hydrogen-bond donors (Lipinski definition) is 0. The van der Waals surface area contributed by atoms with E-state index in [0.717, 1.165) is 11.1 Å². The summed E-state index contributed by atoms with van der Waals surface area (Å²) in [6, 6.07) is 14.2. The molecule has 0 spiro atoms. The van der Waals surface area contributed by atoms with Crippen LogP contribution in [-0.4, -0.2) is 12.8 Å². The van der Waals surface area contributed by atoms with E-state index in [0.29, 0.717) is 12.4 Å². The maximum Gasteiger partial charge on any atom is 0.422 e. The number of aryl methyl sites for hydroxylation is 1. The van der Waals surface area contributed by atoms with Gasteiger partial charge < -0.3 is 9.47 Å². The Hall–Kier alpha value is -2.17. The summed E-state index contributed by atoms with van der Waals surface area (Å²) in [5.41, 5.74) is 1.82. The van der Waals surface area contributed by atoms with Gasteiger partial charge in [0.2, 0.25) is 0 Å². The number of rotatable bonds is 5. The minimum Gasteiger partial charge on any atom is -0.488 e. The number of benzene rings is 2. The van der Waals surface area contributed by atoms with Crippen LogP contribution in [-0.2, 0) is 6.61 Å². The Morgan fingerprint density at radius 1 is 0.952 bits per heavy atom. The molecule has 0 aliphatic rings. The van der Waals surface area contributed by atoms with Crippen LogP contribution in [0.1, 0.15) is 11.1 Å². The predicted molar refractivity (Wildman–Crippen MR) is 73.5 cm³/mol. The van der Waals surface area contributed by atoms with E-state index in [9.17, 15) is 13.2 Å². The second-order valence-electron chi connectivity index (χ2n) is 4.61. The van der Waals surface area contributed by atoms with Gasteiger partial charge in [-0.2, -0.15) is 13.2 Å². The Morgan fingerprint density at radius 2 is 1.67 bits per heavy atom. The van der Waals surface area contributed by atoms with E-state index in [-0.39, 0.29) is 5.75 Å². The Balaban J connectivity index is 2.02. The molecule has 112 valence electrons. The van der Waals surface area contributed by atoms with E-state index in [2.05, 4.69) is 0 Å². The maximum atomic E-state index is 12.1. The molecule has 5 heteroatoms. The standard InChI is InChI=1S/C16H15F3O2/c1-12-7-8-14(21-11-16(17,18)19)9-15(12)20-10-13-5-3-2-4-6-13/h2-9H,10-11H2,1H3. The molecule has 0 saturated carbocycles. The smallest absolute Gasteiger partial charge is 0.422 e. The number of alkyl halides is 3. The summed E-state index contributed by atoms with van der Waals surface area (Å²) in [6.07, 6.45) is -4.35. The molecule has 2 aromatic rings. The molecular formula is C16H15F3O2. The van der Waals surface area contributed by atoms with Crippen LogP contribution >= 0.6 is 0 Å². The number of halogens is 3. The first-order valence-corrected chi connectivity index (χ1v) is 6.41. The van der Waals surface area contributed by atoms with E-state index >= 15 is 0 Å². The van der Waals surface area contributed by atoms with Crippen LogP contribution in [0.4, 0.5) is 13.2 Å². The van der Waals surface area contributed by atoms with E-state index in [1.165, 1.54) is 12.1 Å². The normalized spacial score (nSPS) is 11.2. The first-order valence-electron chi connectivity index (χ1n) is 6.41. The lowest BCUT2D eigenvalue weighted by Crippen LogP contribution is -2.19. The second kappa shape index (κ2) is 6.52. The third kappa shape index (κ3) is 5.02. The molecule has 0 unspecified atom stereocenters. The molecule has 0 aliphatic carbocycles. The fourth-order valence-corrected chi connectivity index (χ4v) is 1.73. The van der Waals surface area contributed by atoms with Crippen LogP contribution in [0, 0.1) is 6.92 Å². The van der Waals surface area contributed by atoms with Crippen molar-refractivity contribution < 1.29 is 22.6 Å². The lowest BCUT2D eigenvalue weighted by Gasteiger charge is -2.13. The molecule has 0 fully saturated rings. The molecule has 2 nitrogen and oxygen atoms in total. The minimum absolute atomic E-state index is 0.140. The van der Waals surface area contributed by atoms with Gasteiger partial charge in [0.05, 0.1) is 0 Å². The van der Waals surface area contributed by atoms with Gasteiger partial charge in [0, 0.05) is 6.07 Å². The summed E-state index contributed by atoms with van der Waals surface area (Å²) in [7, 11) is 0. The van der Waals surface area contributed by atoms with Crippen LogP contribution in [0.2, 0.25) is 0 Å². The highest BCUT2D eigenvalue weighted by Gasteiger charge is 2.28. The van der Waals surface area contributed by atoms with Gasteiger partial charge in [0.25, 0.3) is 0 Å². The van der Waals surface area contributed by atoms with E-state index in [1.807, 2.05) is 37.3 Å². The molecule has 2 rings (SSSR count). The highest BCUT2D eigenvalue weighted by atomic mass is 19.4.